The number of aromatic nitrogens is 2. The Kier molecular flexibility index (Phi) is 5.63. The van der Waals surface area contributed by atoms with Gasteiger partial charge in [-0.15, -0.1) is 12.4 Å². The molecule has 4 rings (SSSR count). The lowest BCUT2D eigenvalue weighted by molar-refractivity contribution is -0.117. The summed E-state index contributed by atoms with van der Waals surface area (Å²) < 4.78 is 15.9. The quantitative estimate of drug-likeness (QED) is 0.857. The number of fused-ring (bicyclic) bond motifs is 1. The largest absolute Gasteiger partial charge is 0.325 e. The third kappa shape index (κ3) is 3.76. The van der Waals surface area contributed by atoms with Crippen LogP contribution in [-0.4, -0.2) is 27.8 Å². The van der Waals surface area contributed by atoms with Gasteiger partial charge in [0.05, 0.1) is 12.2 Å². The molecule has 1 amide bonds. The Morgan fingerprint density at radius 2 is 2.15 bits per heavy atom. The maximum atomic E-state index is 14.4. The normalized spacial score (nSPS) is 24.6. The maximum Gasteiger partial charge on any atom is 0.241 e. The van der Waals surface area contributed by atoms with E-state index in [0.717, 1.165) is 18.4 Å². The number of hydrogen-bond donors (Lipinski definition) is 2. The number of benzene rings is 1. The van der Waals surface area contributed by atoms with Crippen molar-refractivity contribution in [3.63, 3.8) is 0 Å². The third-order valence-electron chi connectivity index (χ3n) is 5.35. The van der Waals surface area contributed by atoms with E-state index in [4.69, 9.17) is 0 Å². The lowest BCUT2D eigenvalue weighted by Crippen LogP contribution is -2.39. The fourth-order valence-corrected chi connectivity index (χ4v) is 4.07. The summed E-state index contributed by atoms with van der Waals surface area (Å²) in [5.41, 5.74) is 1.81. The van der Waals surface area contributed by atoms with Crippen LogP contribution in [0.5, 0.6) is 0 Å². The van der Waals surface area contributed by atoms with Crippen molar-refractivity contribution in [2.45, 2.75) is 51.1 Å². The molecule has 1 aromatic heterocycles. The molecule has 1 saturated carbocycles. The zero-order valence-electron chi connectivity index (χ0n) is 14.7. The SMILES string of the molecule is Cc1cnn(-c2ccc(NC(=O)C3CC4CCCCC4N3)cc2F)c1.Cl. The van der Waals surface area contributed by atoms with Crippen LogP contribution >= 0.6 is 12.4 Å². The Morgan fingerprint density at radius 1 is 1.35 bits per heavy atom. The number of anilines is 1. The van der Waals surface area contributed by atoms with Crippen molar-refractivity contribution in [2.24, 2.45) is 5.92 Å². The van der Waals surface area contributed by atoms with Crippen LogP contribution in [0, 0.1) is 18.7 Å². The van der Waals surface area contributed by atoms with Crippen LogP contribution in [0.3, 0.4) is 0 Å². The molecule has 1 aliphatic heterocycles. The fourth-order valence-electron chi connectivity index (χ4n) is 4.07. The first-order chi connectivity index (χ1) is 12.1. The molecule has 2 aliphatic rings. The maximum absolute atomic E-state index is 14.4. The third-order valence-corrected chi connectivity index (χ3v) is 5.35. The Hall–Kier alpha value is -1.92. The molecular weight excluding hydrogens is 355 g/mol. The second kappa shape index (κ2) is 7.76. The summed E-state index contributed by atoms with van der Waals surface area (Å²) in [6.45, 7) is 1.90. The predicted octanol–water partition coefficient (Wildman–Crippen LogP) is 3.60. The highest BCUT2D eigenvalue weighted by atomic mass is 35.5. The van der Waals surface area contributed by atoms with Crippen LogP contribution in [0.4, 0.5) is 10.1 Å². The van der Waals surface area contributed by atoms with Crippen LogP contribution < -0.4 is 10.6 Å². The summed E-state index contributed by atoms with van der Waals surface area (Å²) in [4.78, 5) is 12.5. The number of aryl methyl sites for hydroxylation is 1. The number of carbonyl (C=O) groups is 1. The molecule has 3 unspecified atom stereocenters. The summed E-state index contributed by atoms with van der Waals surface area (Å²) in [7, 11) is 0. The number of hydrogen-bond acceptors (Lipinski definition) is 3. The van der Waals surface area contributed by atoms with E-state index in [-0.39, 0.29) is 24.4 Å². The van der Waals surface area contributed by atoms with E-state index in [0.29, 0.717) is 23.3 Å². The minimum atomic E-state index is -0.408. The Bertz CT molecular complexity index is 780. The van der Waals surface area contributed by atoms with Gasteiger partial charge < -0.3 is 10.6 Å². The molecule has 3 atom stereocenters. The van der Waals surface area contributed by atoms with Gasteiger partial charge in [-0.3, -0.25) is 4.79 Å². The predicted molar refractivity (Wildman–Crippen MR) is 101 cm³/mol. The van der Waals surface area contributed by atoms with Crippen LogP contribution in [0.15, 0.2) is 30.6 Å². The van der Waals surface area contributed by atoms with E-state index < -0.39 is 5.82 Å². The van der Waals surface area contributed by atoms with E-state index >= 15 is 0 Å². The minimum absolute atomic E-state index is 0. The molecule has 1 saturated heterocycles. The molecule has 0 radical (unpaired) electrons. The van der Waals surface area contributed by atoms with Gasteiger partial charge in [-0.2, -0.15) is 5.10 Å². The lowest BCUT2D eigenvalue weighted by Gasteiger charge is -2.24. The molecule has 2 heterocycles. The molecule has 0 bridgehead atoms. The number of nitrogens with one attached hydrogen (secondary N) is 2. The fraction of sp³-hybridized carbons (Fsp3) is 0.474. The second-order valence-electron chi connectivity index (χ2n) is 7.22. The topological polar surface area (TPSA) is 59.0 Å². The molecule has 7 heteroatoms. The summed E-state index contributed by atoms with van der Waals surface area (Å²) >= 11 is 0. The van der Waals surface area contributed by atoms with Gasteiger partial charge in [0, 0.05) is 17.9 Å². The average Bonchev–Trinajstić information content (AvgIpc) is 3.21. The van der Waals surface area contributed by atoms with Crippen LogP contribution in [0.2, 0.25) is 0 Å². The number of amides is 1. The molecule has 26 heavy (non-hydrogen) atoms. The van der Waals surface area contributed by atoms with Crippen molar-refractivity contribution >= 4 is 24.0 Å². The number of carbonyl (C=O) groups excluding carboxylic acids is 1. The van der Waals surface area contributed by atoms with Gasteiger partial charge in [-0.05, 0) is 55.9 Å². The minimum Gasteiger partial charge on any atom is -0.325 e. The molecule has 2 aromatic rings. The van der Waals surface area contributed by atoms with Gasteiger partial charge in [-0.1, -0.05) is 12.8 Å². The molecule has 1 aromatic carbocycles. The van der Waals surface area contributed by atoms with E-state index in [1.807, 2.05) is 6.92 Å². The summed E-state index contributed by atoms with van der Waals surface area (Å²) in [6, 6.07) is 5.00. The second-order valence-corrected chi connectivity index (χ2v) is 7.22. The van der Waals surface area contributed by atoms with E-state index in [9.17, 15) is 9.18 Å². The van der Waals surface area contributed by atoms with Crippen LogP contribution in [-0.2, 0) is 4.79 Å². The molecule has 1 aliphatic carbocycles. The van der Waals surface area contributed by atoms with Gasteiger partial charge in [0.2, 0.25) is 5.91 Å². The van der Waals surface area contributed by atoms with Gasteiger partial charge in [0.1, 0.15) is 5.69 Å². The number of rotatable bonds is 3. The standard InChI is InChI=1S/C19H23FN4O.ClH/c1-12-10-21-24(11-12)18-7-6-14(9-15(18)20)22-19(25)17-8-13-4-2-3-5-16(13)23-17;/h6-7,9-11,13,16-17,23H,2-5,8H2,1H3,(H,22,25);1H. The first-order valence-electron chi connectivity index (χ1n) is 8.98. The van der Waals surface area contributed by atoms with E-state index in [2.05, 4.69) is 15.7 Å². The van der Waals surface area contributed by atoms with Gasteiger partial charge >= 0.3 is 0 Å². The summed E-state index contributed by atoms with van der Waals surface area (Å²) in [6.07, 6.45) is 9.18. The molecular formula is C19H24ClFN4O. The zero-order valence-corrected chi connectivity index (χ0v) is 15.6. The molecule has 2 N–H and O–H groups in total. The number of halogens is 2. The van der Waals surface area contributed by atoms with Crippen LogP contribution in [0.1, 0.15) is 37.7 Å². The van der Waals surface area contributed by atoms with Gasteiger partial charge in [0.15, 0.2) is 5.82 Å². The Labute approximate surface area is 158 Å². The summed E-state index contributed by atoms with van der Waals surface area (Å²) in [5.74, 6) is 0.122. The number of nitrogens with zero attached hydrogens (tertiary/aromatic N) is 2. The lowest BCUT2D eigenvalue weighted by atomic mass is 9.85. The van der Waals surface area contributed by atoms with E-state index in [1.54, 1.807) is 24.5 Å². The highest BCUT2D eigenvalue weighted by Crippen LogP contribution is 2.33. The first kappa shape index (κ1) is 18.9. The van der Waals surface area contributed by atoms with Crippen LogP contribution in [0.25, 0.3) is 5.69 Å². The molecule has 0 spiro atoms. The van der Waals surface area contributed by atoms with E-state index in [1.165, 1.54) is 30.0 Å². The van der Waals surface area contributed by atoms with Crippen molar-refractivity contribution in [3.05, 3.63) is 42.0 Å². The van der Waals surface area contributed by atoms with Gasteiger partial charge in [0.25, 0.3) is 0 Å². The molecule has 140 valence electrons. The van der Waals surface area contributed by atoms with Crippen molar-refractivity contribution < 1.29 is 9.18 Å². The average molecular weight is 379 g/mol. The highest BCUT2D eigenvalue weighted by molar-refractivity contribution is 5.95. The molecule has 2 fully saturated rings. The van der Waals surface area contributed by atoms with Crippen molar-refractivity contribution in [3.8, 4) is 5.69 Å². The Morgan fingerprint density at radius 3 is 2.85 bits per heavy atom. The Balaban J connectivity index is 0.00000196. The zero-order chi connectivity index (χ0) is 17.4. The van der Waals surface area contributed by atoms with Crippen molar-refractivity contribution in [1.29, 1.82) is 0 Å². The molecule has 5 nitrogen and oxygen atoms in total. The van der Waals surface area contributed by atoms with Gasteiger partial charge in [-0.25, -0.2) is 9.07 Å². The highest BCUT2D eigenvalue weighted by Gasteiger charge is 2.38. The smallest absolute Gasteiger partial charge is 0.241 e. The first-order valence-corrected chi connectivity index (χ1v) is 8.98. The van der Waals surface area contributed by atoms with Crippen molar-refractivity contribution in [1.82, 2.24) is 15.1 Å². The monoisotopic (exact) mass is 378 g/mol. The summed E-state index contributed by atoms with van der Waals surface area (Å²) in [5, 5.41) is 10.4. The van der Waals surface area contributed by atoms with Crippen molar-refractivity contribution in [2.75, 3.05) is 5.32 Å².